The summed E-state index contributed by atoms with van der Waals surface area (Å²) >= 11 is 0. The molecule has 4 aliphatic rings. The minimum Gasteiger partial charge on any atom is -0.463 e. The SMILES string of the molecule is CCOC(=O)C1=CN(c2ccc(F)cc2F)C2NC(N3CCC4(C3)C(=O)CC(C)C4=O)=C(F)C=C2C1. The normalized spacial score (nSPS) is 27.8. The van der Waals surface area contributed by atoms with Crippen molar-refractivity contribution in [3.05, 3.63) is 64.9 Å². The molecule has 0 radical (unpaired) electrons. The second kappa shape index (κ2) is 8.83. The number of carbonyl (C=O) groups is 3. The minimum atomic E-state index is -1.13. The van der Waals surface area contributed by atoms with Crippen LogP contribution in [0.4, 0.5) is 18.9 Å². The molecular formula is C26H26F3N3O4. The Morgan fingerprint density at radius 3 is 2.69 bits per heavy atom. The molecule has 1 N–H and O–H groups in total. The summed E-state index contributed by atoms with van der Waals surface area (Å²) in [4.78, 5) is 41.0. The molecule has 190 valence electrons. The van der Waals surface area contributed by atoms with E-state index in [1.165, 1.54) is 23.2 Å². The lowest BCUT2D eigenvalue weighted by Crippen LogP contribution is -2.52. The number of ether oxygens (including phenoxy) is 1. The number of fused-ring (bicyclic) bond motifs is 1. The van der Waals surface area contributed by atoms with Crippen LogP contribution in [0.15, 0.2) is 53.3 Å². The summed E-state index contributed by atoms with van der Waals surface area (Å²) in [5.41, 5.74) is -0.515. The highest BCUT2D eigenvalue weighted by Crippen LogP contribution is 2.44. The lowest BCUT2D eigenvalue weighted by atomic mass is 9.82. The van der Waals surface area contributed by atoms with Gasteiger partial charge in [-0.2, -0.15) is 0 Å². The summed E-state index contributed by atoms with van der Waals surface area (Å²) < 4.78 is 48.9. The van der Waals surface area contributed by atoms with Crippen LogP contribution in [0, 0.1) is 23.0 Å². The van der Waals surface area contributed by atoms with Gasteiger partial charge in [-0.3, -0.25) is 9.59 Å². The Kier molecular flexibility index (Phi) is 5.92. The molecule has 3 aliphatic heterocycles. The number of Topliss-reactive ketones (excluding diaryl/α,β-unsaturated/α-hetero) is 2. The van der Waals surface area contributed by atoms with Crippen molar-refractivity contribution in [1.29, 1.82) is 0 Å². The van der Waals surface area contributed by atoms with E-state index >= 15 is 4.39 Å². The summed E-state index contributed by atoms with van der Waals surface area (Å²) in [5.74, 6) is -3.36. The van der Waals surface area contributed by atoms with Crippen LogP contribution in [0.5, 0.6) is 0 Å². The molecule has 7 nitrogen and oxygen atoms in total. The smallest absolute Gasteiger partial charge is 0.335 e. The van der Waals surface area contributed by atoms with E-state index in [9.17, 15) is 23.2 Å². The van der Waals surface area contributed by atoms with Gasteiger partial charge in [-0.15, -0.1) is 0 Å². The van der Waals surface area contributed by atoms with Gasteiger partial charge < -0.3 is 19.9 Å². The number of likely N-dealkylation sites (tertiary alicyclic amines) is 1. The number of dihydropyridines is 1. The number of allylic oxidation sites excluding steroid dienone is 2. The van der Waals surface area contributed by atoms with Gasteiger partial charge in [0.25, 0.3) is 0 Å². The van der Waals surface area contributed by atoms with E-state index < -0.39 is 35.0 Å². The van der Waals surface area contributed by atoms with Crippen molar-refractivity contribution in [1.82, 2.24) is 10.2 Å². The van der Waals surface area contributed by atoms with Crippen LogP contribution in [0.25, 0.3) is 0 Å². The van der Waals surface area contributed by atoms with E-state index in [0.29, 0.717) is 18.5 Å². The number of esters is 1. The summed E-state index contributed by atoms with van der Waals surface area (Å²) in [6.07, 6.45) is 2.47. The van der Waals surface area contributed by atoms with Crippen LogP contribution in [0.2, 0.25) is 0 Å². The number of anilines is 1. The van der Waals surface area contributed by atoms with Gasteiger partial charge in [-0.05, 0) is 37.1 Å². The van der Waals surface area contributed by atoms with E-state index in [4.69, 9.17) is 4.74 Å². The molecule has 3 atom stereocenters. The topological polar surface area (TPSA) is 79.0 Å². The number of hydrogen-bond acceptors (Lipinski definition) is 7. The van der Waals surface area contributed by atoms with E-state index in [0.717, 1.165) is 12.1 Å². The summed E-state index contributed by atoms with van der Waals surface area (Å²) in [7, 11) is 0. The average Bonchev–Trinajstić information content (AvgIpc) is 3.36. The molecule has 3 unspecified atom stereocenters. The molecule has 5 rings (SSSR count). The molecule has 0 aromatic heterocycles. The first-order valence-electron chi connectivity index (χ1n) is 11.9. The lowest BCUT2D eigenvalue weighted by Gasteiger charge is -2.42. The first-order valence-corrected chi connectivity index (χ1v) is 11.9. The Hall–Kier alpha value is -3.56. The fraction of sp³-hybridized carbons (Fsp3) is 0.423. The molecule has 1 aromatic carbocycles. The largest absolute Gasteiger partial charge is 0.463 e. The molecule has 1 saturated heterocycles. The molecule has 0 amide bonds. The number of hydrogen-bond donors (Lipinski definition) is 1. The zero-order valence-electron chi connectivity index (χ0n) is 19.9. The van der Waals surface area contributed by atoms with Crippen molar-refractivity contribution < 1.29 is 32.3 Å². The summed E-state index contributed by atoms with van der Waals surface area (Å²) in [6.45, 7) is 3.88. The summed E-state index contributed by atoms with van der Waals surface area (Å²) in [6, 6.07) is 3.07. The molecule has 2 fully saturated rings. The van der Waals surface area contributed by atoms with Crippen molar-refractivity contribution in [3.63, 3.8) is 0 Å². The van der Waals surface area contributed by atoms with Crippen molar-refractivity contribution in [2.45, 2.75) is 39.3 Å². The number of nitrogens with zero attached hydrogens (tertiary/aromatic N) is 2. The molecular weight excluding hydrogens is 475 g/mol. The van der Waals surface area contributed by atoms with Crippen LogP contribution in [-0.4, -0.2) is 48.3 Å². The standard InChI is InChI=1S/C26H26F3N3O4/c1-3-36-25(35)16-9-15-10-19(29)24(31-7-6-26(13-31)21(33)8-14(2)22(26)34)30-23(15)32(12-16)20-5-4-17(27)11-18(20)28/h4-5,10-12,14,23,30H,3,6-9,13H2,1-2H3. The minimum absolute atomic E-state index is 0.0178. The van der Waals surface area contributed by atoms with Crippen molar-refractivity contribution in [2.75, 3.05) is 24.6 Å². The third-order valence-electron chi connectivity index (χ3n) is 7.39. The van der Waals surface area contributed by atoms with Gasteiger partial charge in [0.2, 0.25) is 0 Å². The molecule has 10 heteroatoms. The van der Waals surface area contributed by atoms with Crippen LogP contribution in [0.3, 0.4) is 0 Å². The zero-order chi connectivity index (χ0) is 25.8. The predicted molar refractivity (Wildman–Crippen MR) is 124 cm³/mol. The fourth-order valence-corrected chi connectivity index (χ4v) is 5.60. The van der Waals surface area contributed by atoms with Crippen molar-refractivity contribution in [2.24, 2.45) is 11.3 Å². The van der Waals surface area contributed by atoms with Crippen LogP contribution in [0.1, 0.15) is 33.1 Å². The van der Waals surface area contributed by atoms with Gasteiger partial charge in [0.15, 0.2) is 11.6 Å². The predicted octanol–water partition coefficient (Wildman–Crippen LogP) is 3.49. The van der Waals surface area contributed by atoms with E-state index in [-0.39, 0.29) is 60.6 Å². The number of halogens is 3. The first kappa shape index (κ1) is 24.1. The molecule has 1 spiro atoms. The molecule has 36 heavy (non-hydrogen) atoms. The van der Waals surface area contributed by atoms with Crippen molar-refractivity contribution in [3.8, 4) is 0 Å². The second-order valence-electron chi connectivity index (χ2n) is 9.66. The highest BCUT2D eigenvalue weighted by molar-refractivity contribution is 6.14. The number of benzene rings is 1. The Morgan fingerprint density at radius 2 is 2.03 bits per heavy atom. The van der Waals surface area contributed by atoms with Crippen molar-refractivity contribution >= 4 is 23.2 Å². The van der Waals surface area contributed by atoms with Gasteiger partial charge in [0, 0.05) is 44.1 Å². The Balaban J connectivity index is 1.50. The van der Waals surface area contributed by atoms with Gasteiger partial charge >= 0.3 is 5.97 Å². The third kappa shape index (κ3) is 3.79. The van der Waals surface area contributed by atoms with Crippen LogP contribution in [-0.2, 0) is 19.1 Å². The summed E-state index contributed by atoms with van der Waals surface area (Å²) in [5, 5.41) is 3.08. The Morgan fingerprint density at radius 1 is 1.25 bits per heavy atom. The molecule has 1 aromatic rings. The van der Waals surface area contributed by atoms with E-state index in [1.807, 2.05) is 0 Å². The highest BCUT2D eigenvalue weighted by atomic mass is 19.1. The maximum Gasteiger partial charge on any atom is 0.335 e. The lowest BCUT2D eigenvalue weighted by molar-refractivity contribution is -0.139. The van der Waals surface area contributed by atoms with Gasteiger partial charge in [0.05, 0.1) is 17.9 Å². The number of carbonyl (C=O) groups excluding carboxylic acids is 3. The molecule has 0 bridgehead atoms. The quantitative estimate of drug-likeness (QED) is 0.500. The van der Waals surface area contributed by atoms with Crippen LogP contribution < -0.4 is 10.2 Å². The first-order chi connectivity index (χ1) is 17.1. The molecule has 1 aliphatic carbocycles. The van der Waals surface area contributed by atoms with E-state index in [2.05, 4.69) is 5.32 Å². The van der Waals surface area contributed by atoms with E-state index in [1.54, 1.807) is 18.7 Å². The molecule has 1 saturated carbocycles. The molecule has 3 heterocycles. The maximum atomic E-state index is 15.4. The van der Waals surface area contributed by atoms with Gasteiger partial charge in [-0.1, -0.05) is 6.92 Å². The maximum absolute atomic E-state index is 15.4. The zero-order valence-corrected chi connectivity index (χ0v) is 19.9. The second-order valence-corrected chi connectivity index (χ2v) is 9.66. The number of rotatable bonds is 4. The Labute approximate surface area is 206 Å². The number of nitrogens with one attached hydrogen (secondary N) is 1. The highest BCUT2D eigenvalue weighted by Gasteiger charge is 2.57. The average molecular weight is 502 g/mol. The van der Waals surface area contributed by atoms with Gasteiger partial charge in [0.1, 0.15) is 34.8 Å². The third-order valence-corrected chi connectivity index (χ3v) is 7.39. The van der Waals surface area contributed by atoms with Gasteiger partial charge in [-0.25, -0.2) is 18.0 Å². The number of ketones is 2. The fourth-order valence-electron chi connectivity index (χ4n) is 5.60. The van der Waals surface area contributed by atoms with Crippen LogP contribution >= 0.6 is 0 Å². The monoisotopic (exact) mass is 501 g/mol. The Bertz CT molecular complexity index is 1260.